The number of aromatic nitrogens is 1. The van der Waals surface area contributed by atoms with Crippen LogP contribution in [0.5, 0.6) is 0 Å². The Bertz CT molecular complexity index is 461. The van der Waals surface area contributed by atoms with Gasteiger partial charge >= 0.3 is 5.97 Å². The van der Waals surface area contributed by atoms with E-state index in [-0.39, 0.29) is 18.2 Å². The van der Waals surface area contributed by atoms with E-state index in [4.69, 9.17) is 11.0 Å². The minimum atomic E-state index is -0.319. The molecule has 0 unspecified atom stereocenters. The molecule has 2 N–H and O–H groups in total. The van der Waals surface area contributed by atoms with Gasteiger partial charge in [-0.2, -0.15) is 5.26 Å². The number of nitriles is 1. The highest BCUT2D eigenvalue weighted by atomic mass is 16.5. The summed E-state index contributed by atoms with van der Waals surface area (Å²) in [6.45, 7) is 0. The van der Waals surface area contributed by atoms with Crippen molar-refractivity contribution in [2.45, 2.75) is 6.42 Å². The predicted molar refractivity (Wildman–Crippen MR) is 59.0 cm³/mol. The van der Waals surface area contributed by atoms with Crippen LogP contribution in [0.2, 0.25) is 0 Å². The number of ether oxygens (including phenoxy) is 1. The van der Waals surface area contributed by atoms with Gasteiger partial charge in [0.15, 0.2) is 0 Å². The lowest BCUT2D eigenvalue weighted by atomic mass is 10.2. The van der Waals surface area contributed by atoms with Crippen LogP contribution in [-0.4, -0.2) is 18.1 Å². The maximum Gasteiger partial charge on any atom is 0.309 e. The maximum absolute atomic E-state index is 10.8. The quantitative estimate of drug-likeness (QED) is 0.766. The summed E-state index contributed by atoms with van der Waals surface area (Å²) in [4.78, 5) is 14.7. The molecule has 0 aliphatic rings. The lowest BCUT2D eigenvalue weighted by molar-refractivity contribution is -0.139. The minimum Gasteiger partial charge on any atom is -0.469 e. The van der Waals surface area contributed by atoms with Crippen LogP contribution in [0, 0.1) is 11.3 Å². The fourth-order valence-corrected chi connectivity index (χ4v) is 1.05. The van der Waals surface area contributed by atoms with E-state index in [9.17, 15) is 4.79 Å². The monoisotopic (exact) mass is 217 g/mol. The first-order valence-corrected chi connectivity index (χ1v) is 4.56. The molecule has 0 fully saturated rings. The van der Waals surface area contributed by atoms with E-state index >= 15 is 0 Å². The van der Waals surface area contributed by atoms with Gasteiger partial charge in [-0.25, -0.2) is 4.98 Å². The zero-order valence-electron chi connectivity index (χ0n) is 8.80. The maximum atomic E-state index is 10.8. The largest absolute Gasteiger partial charge is 0.469 e. The fourth-order valence-electron chi connectivity index (χ4n) is 1.05. The van der Waals surface area contributed by atoms with Crippen molar-refractivity contribution < 1.29 is 9.53 Å². The zero-order valence-corrected chi connectivity index (χ0v) is 8.80. The molecule has 0 saturated carbocycles. The molecule has 0 aliphatic heterocycles. The van der Waals surface area contributed by atoms with Crippen LogP contribution >= 0.6 is 0 Å². The van der Waals surface area contributed by atoms with Crippen molar-refractivity contribution in [3.8, 4) is 6.07 Å². The predicted octanol–water partition coefficient (Wildman–Crippen LogP) is 1.11. The Morgan fingerprint density at radius 2 is 2.50 bits per heavy atom. The summed E-state index contributed by atoms with van der Waals surface area (Å²) in [5, 5.41) is 8.73. The Kier molecular flexibility index (Phi) is 4.04. The third kappa shape index (κ3) is 3.10. The number of anilines is 1. The van der Waals surface area contributed by atoms with Crippen molar-refractivity contribution in [1.82, 2.24) is 4.98 Å². The number of esters is 1. The van der Waals surface area contributed by atoms with E-state index in [0.29, 0.717) is 5.56 Å². The Labute approximate surface area is 93.2 Å². The number of hydrogen-bond donors (Lipinski definition) is 1. The number of pyridine rings is 1. The first kappa shape index (κ1) is 11.7. The molecule has 1 heterocycles. The van der Waals surface area contributed by atoms with Crippen LogP contribution < -0.4 is 5.73 Å². The van der Waals surface area contributed by atoms with Gasteiger partial charge in [0.05, 0.1) is 19.1 Å². The molecule has 1 aromatic heterocycles. The molecule has 0 atom stereocenters. The van der Waals surface area contributed by atoms with Gasteiger partial charge in [-0.1, -0.05) is 12.2 Å². The van der Waals surface area contributed by atoms with Gasteiger partial charge in [-0.15, -0.1) is 0 Å². The molecule has 0 aromatic carbocycles. The third-order valence-electron chi connectivity index (χ3n) is 1.88. The second kappa shape index (κ2) is 5.51. The molecule has 1 aromatic rings. The minimum absolute atomic E-state index is 0.183. The summed E-state index contributed by atoms with van der Waals surface area (Å²) >= 11 is 0. The Hall–Kier alpha value is -2.35. The highest BCUT2D eigenvalue weighted by Gasteiger charge is 1.99. The molecule has 0 radical (unpaired) electrons. The van der Waals surface area contributed by atoms with Crippen LogP contribution in [0.15, 0.2) is 18.3 Å². The van der Waals surface area contributed by atoms with Crippen molar-refractivity contribution >= 4 is 17.9 Å². The van der Waals surface area contributed by atoms with E-state index in [0.717, 1.165) is 5.56 Å². The number of nitrogen functional groups attached to an aromatic ring is 1. The Morgan fingerprint density at radius 1 is 1.75 bits per heavy atom. The molecule has 0 amide bonds. The van der Waals surface area contributed by atoms with Gasteiger partial charge in [0, 0.05) is 6.20 Å². The van der Waals surface area contributed by atoms with Gasteiger partial charge < -0.3 is 10.5 Å². The molecule has 5 nitrogen and oxygen atoms in total. The molecule has 1 rings (SSSR count). The Balaban J connectivity index is 2.75. The van der Waals surface area contributed by atoms with Crippen molar-refractivity contribution in [1.29, 1.82) is 5.26 Å². The molecule has 5 heteroatoms. The molecule has 0 bridgehead atoms. The summed E-state index contributed by atoms with van der Waals surface area (Å²) in [5.41, 5.74) is 6.50. The first-order chi connectivity index (χ1) is 7.67. The van der Waals surface area contributed by atoms with Gasteiger partial charge in [-0.3, -0.25) is 4.79 Å². The number of carbonyl (C=O) groups excluding carboxylic acids is 1. The number of hydrogen-bond acceptors (Lipinski definition) is 5. The molecule has 0 aliphatic carbocycles. The van der Waals surface area contributed by atoms with E-state index in [1.54, 1.807) is 18.2 Å². The van der Waals surface area contributed by atoms with Crippen LogP contribution in [0.3, 0.4) is 0 Å². The van der Waals surface area contributed by atoms with Crippen LogP contribution in [0.4, 0.5) is 5.82 Å². The lowest BCUT2D eigenvalue weighted by Gasteiger charge is -1.97. The average molecular weight is 217 g/mol. The molecular formula is C11H11N3O2. The van der Waals surface area contributed by atoms with E-state index in [1.165, 1.54) is 13.3 Å². The summed E-state index contributed by atoms with van der Waals surface area (Å²) in [6, 6.07) is 3.54. The molecule has 82 valence electrons. The highest BCUT2D eigenvalue weighted by molar-refractivity contribution is 5.72. The normalized spacial score (nSPS) is 10.0. The van der Waals surface area contributed by atoms with Crippen molar-refractivity contribution in [3.63, 3.8) is 0 Å². The summed E-state index contributed by atoms with van der Waals surface area (Å²) in [5.74, 6) is -0.118. The summed E-state index contributed by atoms with van der Waals surface area (Å²) < 4.78 is 4.47. The van der Waals surface area contributed by atoms with Gasteiger partial charge in [0.2, 0.25) is 0 Å². The van der Waals surface area contributed by atoms with Gasteiger partial charge in [-0.05, 0) is 11.6 Å². The van der Waals surface area contributed by atoms with Crippen molar-refractivity contribution in [3.05, 3.63) is 29.5 Å². The standard InChI is InChI=1S/C11H11N3O2/c1-16-10(15)4-2-3-8-5-9(6-12)11(13)14-7-8/h2-3,5,7H,4H2,1H3,(H2,13,14). The van der Waals surface area contributed by atoms with E-state index < -0.39 is 0 Å². The summed E-state index contributed by atoms with van der Waals surface area (Å²) in [7, 11) is 1.33. The van der Waals surface area contributed by atoms with E-state index in [2.05, 4.69) is 9.72 Å². The third-order valence-corrected chi connectivity index (χ3v) is 1.88. The summed E-state index contributed by atoms with van der Waals surface area (Å²) in [6.07, 6.45) is 5.04. The number of methoxy groups -OCH3 is 1. The molecule has 16 heavy (non-hydrogen) atoms. The molecular weight excluding hydrogens is 206 g/mol. The van der Waals surface area contributed by atoms with E-state index in [1.807, 2.05) is 6.07 Å². The van der Waals surface area contributed by atoms with Crippen LogP contribution in [0.1, 0.15) is 17.5 Å². The number of rotatable bonds is 3. The van der Waals surface area contributed by atoms with Crippen LogP contribution in [0.25, 0.3) is 6.08 Å². The topological polar surface area (TPSA) is 89.0 Å². The molecule has 0 spiro atoms. The number of carbonyl (C=O) groups is 1. The first-order valence-electron chi connectivity index (χ1n) is 4.56. The molecule has 0 saturated heterocycles. The zero-order chi connectivity index (χ0) is 12.0. The number of nitrogens with zero attached hydrogens (tertiary/aromatic N) is 2. The second-order valence-corrected chi connectivity index (χ2v) is 3.00. The van der Waals surface area contributed by atoms with Gasteiger partial charge in [0.1, 0.15) is 11.9 Å². The second-order valence-electron chi connectivity index (χ2n) is 3.00. The average Bonchev–Trinajstić information content (AvgIpc) is 2.31. The SMILES string of the molecule is COC(=O)CC=Cc1cnc(N)c(C#N)c1. The smallest absolute Gasteiger partial charge is 0.309 e. The fraction of sp³-hybridized carbons (Fsp3) is 0.182. The highest BCUT2D eigenvalue weighted by Crippen LogP contribution is 2.10. The lowest BCUT2D eigenvalue weighted by Crippen LogP contribution is -1.97. The van der Waals surface area contributed by atoms with Gasteiger partial charge in [0.25, 0.3) is 0 Å². The van der Waals surface area contributed by atoms with Crippen molar-refractivity contribution in [2.75, 3.05) is 12.8 Å². The number of nitrogens with two attached hydrogens (primary N) is 1. The van der Waals surface area contributed by atoms with Crippen molar-refractivity contribution in [2.24, 2.45) is 0 Å². The Morgan fingerprint density at radius 3 is 3.12 bits per heavy atom. The van der Waals surface area contributed by atoms with Crippen LogP contribution in [-0.2, 0) is 9.53 Å².